The second-order valence-electron chi connectivity index (χ2n) is 5.73. The first kappa shape index (κ1) is 17.7. The van der Waals surface area contributed by atoms with Crippen LogP contribution < -0.4 is 11.1 Å². The van der Waals surface area contributed by atoms with Gasteiger partial charge in [0.1, 0.15) is 17.0 Å². The first-order chi connectivity index (χ1) is 12.4. The van der Waals surface area contributed by atoms with Crippen molar-refractivity contribution in [1.29, 1.82) is 0 Å². The van der Waals surface area contributed by atoms with E-state index in [0.717, 1.165) is 0 Å². The Balaban J connectivity index is 1.81. The minimum absolute atomic E-state index is 0.0769. The number of hydrogen-bond acceptors (Lipinski definition) is 5. The number of para-hydroxylation sites is 1. The minimum atomic E-state index is -3.68. The molecule has 3 rings (SSSR count). The number of anilines is 1. The summed E-state index contributed by atoms with van der Waals surface area (Å²) in [5.74, 6) is -2.83. The van der Waals surface area contributed by atoms with Crippen LogP contribution >= 0.6 is 0 Å². The Labute approximate surface area is 149 Å². The fourth-order valence-electron chi connectivity index (χ4n) is 2.60. The molecular formula is C18H16N2O5S. The number of carbonyl (C=O) groups is 2. The first-order valence-corrected chi connectivity index (χ1v) is 9.53. The third kappa shape index (κ3) is 3.92. The molecule has 0 aliphatic carbocycles. The van der Waals surface area contributed by atoms with Gasteiger partial charge in [-0.1, -0.05) is 42.5 Å². The second kappa shape index (κ2) is 7.01. The van der Waals surface area contributed by atoms with Gasteiger partial charge in [0, 0.05) is 5.39 Å². The van der Waals surface area contributed by atoms with Gasteiger partial charge in [-0.2, -0.15) is 0 Å². The van der Waals surface area contributed by atoms with Crippen LogP contribution in [0.3, 0.4) is 0 Å². The lowest BCUT2D eigenvalue weighted by Gasteiger charge is -2.06. The van der Waals surface area contributed by atoms with E-state index >= 15 is 0 Å². The lowest BCUT2D eigenvalue weighted by atomic mass is 10.2. The molecule has 0 atom stereocenters. The normalized spacial score (nSPS) is 11.4. The van der Waals surface area contributed by atoms with Gasteiger partial charge >= 0.3 is 0 Å². The number of sulfone groups is 1. The molecule has 1 aromatic heterocycles. The van der Waals surface area contributed by atoms with Gasteiger partial charge in [0.15, 0.2) is 9.84 Å². The van der Waals surface area contributed by atoms with Crippen LogP contribution in [0.25, 0.3) is 11.0 Å². The molecule has 134 valence electrons. The monoisotopic (exact) mass is 372 g/mol. The number of nitrogens with one attached hydrogen (secondary N) is 1. The predicted octanol–water partition coefficient (Wildman–Crippen LogP) is 2.09. The highest BCUT2D eigenvalue weighted by atomic mass is 32.2. The number of carbonyl (C=O) groups excluding carboxylic acids is 2. The van der Waals surface area contributed by atoms with Crippen molar-refractivity contribution >= 4 is 38.3 Å². The molecule has 0 saturated carbocycles. The summed E-state index contributed by atoms with van der Waals surface area (Å²) >= 11 is 0. The van der Waals surface area contributed by atoms with Crippen LogP contribution in [0, 0.1) is 0 Å². The zero-order valence-corrected chi connectivity index (χ0v) is 14.5. The summed E-state index contributed by atoms with van der Waals surface area (Å²) in [6.07, 6.45) is 0. The minimum Gasteiger partial charge on any atom is -0.449 e. The number of furan rings is 1. The number of hydrogen-bond donors (Lipinski definition) is 2. The Kier molecular flexibility index (Phi) is 4.77. The van der Waals surface area contributed by atoms with E-state index in [1.54, 1.807) is 54.6 Å². The zero-order valence-electron chi connectivity index (χ0n) is 13.6. The molecule has 0 fully saturated rings. The highest BCUT2D eigenvalue weighted by molar-refractivity contribution is 7.91. The Bertz CT molecular complexity index is 1070. The largest absolute Gasteiger partial charge is 0.449 e. The maximum Gasteiger partial charge on any atom is 0.286 e. The van der Waals surface area contributed by atoms with Gasteiger partial charge in [0.2, 0.25) is 11.7 Å². The Morgan fingerprint density at radius 1 is 1.00 bits per heavy atom. The van der Waals surface area contributed by atoms with Gasteiger partial charge in [0.25, 0.3) is 5.91 Å². The molecule has 0 spiro atoms. The van der Waals surface area contributed by atoms with E-state index in [4.69, 9.17) is 10.2 Å². The fourth-order valence-corrected chi connectivity index (χ4v) is 3.87. The summed E-state index contributed by atoms with van der Waals surface area (Å²) in [4.78, 5) is 23.8. The van der Waals surface area contributed by atoms with Crippen LogP contribution in [-0.2, 0) is 20.4 Å². The quantitative estimate of drug-likeness (QED) is 0.686. The van der Waals surface area contributed by atoms with Crippen LogP contribution in [0.4, 0.5) is 5.69 Å². The molecule has 0 radical (unpaired) electrons. The molecule has 7 nitrogen and oxygen atoms in total. The van der Waals surface area contributed by atoms with E-state index in [2.05, 4.69) is 5.32 Å². The lowest BCUT2D eigenvalue weighted by Crippen LogP contribution is -2.25. The summed E-state index contributed by atoms with van der Waals surface area (Å²) in [7, 11) is -3.68. The summed E-state index contributed by atoms with van der Waals surface area (Å²) in [5.41, 5.74) is 6.31. The summed E-state index contributed by atoms with van der Waals surface area (Å²) in [6.45, 7) is 0. The number of primary amides is 1. The standard InChI is InChI=1S/C18H16N2O5S/c19-18(22)17-16(13-8-4-5-9-14(13)25-17)20-15(21)11-26(23,24)10-12-6-2-1-3-7-12/h1-9H,10-11H2,(H2,19,22)(H,20,21). The molecule has 0 bridgehead atoms. The van der Waals surface area contributed by atoms with Crippen LogP contribution in [0.1, 0.15) is 16.1 Å². The van der Waals surface area contributed by atoms with Crippen molar-refractivity contribution in [3.63, 3.8) is 0 Å². The lowest BCUT2D eigenvalue weighted by molar-refractivity contribution is -0.113. The molecule has 0 aliphatic heterocycles. The average molecular weight is 372 g/mol. The molecule has 8 heteroatoms. The second-order valence-corrected chi connectivity index (χ2v) is 7.80. The summed E-state index contributed by atoms with van der Waals surface area (Å²) < 4.78 is 29.8. The molecule has 0 saturated heterocycles. The number of benzene rings is 2. The maximum absolute atomic E-state index is 12.3. The van der Waals surface area contributed by atoms with Crippen LogP contribution in [-0.4, -0.2) is 26.0 Å². The number of fused-ring (bicyclic) bond motifs is 1. The highest BCUT2D eigenvalue weighted by Crippen LogP contribution is 2.30. The smallest absolute Gasteiger partial charge is 0.286 e. The Morgan fingerprint density at radius 2 is 1.65 bits per heavy atom. The average Bonchev–Trinajstić information content (AvgIpc) is 2.93. The van der Waals surface area contributed by atoms with E-state index in [9.17, 15) is 18.0 Å². The Hall–Kier alpha value is -3.13. The molecule has 26 heavy (non-hydrogen) atoms. The third-order valence-corrected chi connectivity index (χ3v) is 5.14. The fraction of sp³-hybridized carbons (Fsp3) is 0.111. The van der Waals surface area contributed by atoms with Gasteiger partial charge < -0.3 is 15.5 Å². The van der Waals surface area contributed by atoms with Crippen molar-refractivity contribution in [2.24, 2.45) is 5.73 Å². The van der Waals surface area contributed by atoms with E-state index in [0.29, 0.717) is 16.5 Å². The van der Waals surface area contributed by atoms with Gasteiger partial charge in [0.05, 0.1) is 5.75 Å². The topological polar surface area (TPSA) is 119 Å². The van der Waals surface area contributed by atoms with Crippen molar-refractivity contribution in [2.75, 3.05) is 11.1 Å². The van der Waals surface area contributed by atoms with E-state index in [1.165, 1.54) is 0 Å². The molecule has 0 aliphatic rings. The molecule has 1 heterocycles. The summed E-state index contributed by atoms with van der Waals surface area (Å²) in [6, 6.07) is 15.2. The number of rotatable bonds is 6. The molecule has 3 aromatic rings. The van der Waals surface area contributed by atoms with Crippen molar-refractivity contribution < 1.29 is 22.4 Å². The maximum atomic E-state index is 12.3. The van der Waals surface area contributed by atoms with E-state index in [1.807, 2.05) is 0 Å². The Morgan fingerprint density at radius 3 is 2.35 bits per heavy atom. The highest BCUT2D eigenvalue weighted by Gasteiger charge is 2.23. The van der Waals surface area contributed by atoms with E-state index in [-0.39, 0.29) is 17.2 Å². The van der Waals surface area contributed by atoms with Crippen LogP contribution in [0.2, 0.25) is 0 Å². The first-order valence-electron chi connectivity index (χ1n) is 7.71. The molecule has 0 unspecified atom stereocenters. The molecule has 3 N–H and O–H groups in total. The number of nitrogens with two attached hydrogens (primary N) is 1. The van der Waals surface area contributed by atoms with Gasteiger partial charge in [-0.05, 0) is 17.7 Å². The predicted molar refractivity (Wildman–Crippen MR) is 97.3 cm³/mol. The van der Waals surface area contributed by atoms with Gasteiger partial charge in [-0.3, -0.25) is 9.59 Å². The molecule has 2 amide bonds. The van der Waals surface area contributed by atoms with Crippen molar-refractivity contribution in [3.05, 3.63) is 65.9 Å². The van der Waals surface area contributed by atoms with Crippen molar-refractivity contribution in [1.82, 2.24) is 0 Å². The van der Waals surface area contributed by atoms with Crippen molar-refractivity contribution in [3.8, 4) is 0 Å². The van der Waals surface area contributed by atoms with E-state index < -0.39 is 27.4 Å². The van der Waals surface area contributed by atoms with Gasteiger partial charge in [-0.15, -0.1) is 0 Å². The molecule has 2 aromatic carbocycles. The van der Waals surface area contributed by atoms with Crippen molar-refractivity contribution in [2.45, 2.75) is 5.75 Å². The zero-order chi connectivity index (χ0) is 18.7. The summed E-state index contributed by atoms with van der Waals surface area (Å²) in [5, 5.41) is 2.91. The molecular weight excluding hydrogens is 356 g/mol. The van der Waals surface area contributed by atoms with Crippen LogP contribution in [0.5, 0.6) is 0 Å². The van der Waals surface area contributed by atoms with Gasteiger partial charge in [-0.25, -0.2) is 8.42 Å². The van der Waals surface area contributed by atoms with Crippen LogP contribution in [0.15, 0.2) is 59.0 Å². The number of amides is 2. The SMILES string of the molecule is NC(=O)c1oc2ccccc2c1NC(=O)CS(=O)(=O)Cc1ccccc1. The third-order valence-electron chi connectivity index (χ3n) is 3.66.